The van der Waals surface area contributed by atoms with Crippen LogP contribution in [0.1, 0.15) is 12.0 Å². The average Bonchev–Trinajstić information content (AvgIpc) is 3.13. The van der Waals surface area contributed by atoms with Crippen LogP contribution < -0.4 is 5.32 Å². The Morgan fingerprint density at radius 2 is 2.00 bits per heavy atom. The summed E-state index contributed by atoms with van der Waals surface area (Å²) in [6.07, 6.45) is 6.38. The molecule has 0 atom stereocenters. The van der Waals surface area contributed by atoms with E-state index in [1.54, 1.807) is 48.8 Å². The van der Waals surface area contributed by atoms with E-state index in [9.17, 15) is 8.42 Å². The number of fused-ring (bicyclic) bond motifs is 2. The van der Waals surface area contributed by atoms with Crippen LogP contribution in [0.2, 0.25) is 5.02 Å². The van der Waals surface area contributed by atoms with Crippen molar-refractivity contribution in [3.63, 3.8) is 0 Å². The molecule has 4 aromatic rings. The summed E-state index contributed by atoms with van der Waals surface area (Å²) < 4.78 is 28.5. The molecule has 0 spiro atoms. The largest absolute Gasteiger partial charge is 0.313 e. The van der Waals surface area contributed by atoms with Gasteiger partial charge in [0.15, 0.2) is 0 Å². The summed E-state index contributed by atoms with van der Waals surface area (Å²) in [6.45, 7) is 1.65. The van der Waals surface area contributed by atoms with Gasteiger partial charge in [-0.05, 0) is 54.9 Å². The molecule has 0 saturated heterocycles. The molecule has 7 heteroatoms. The van der Waals surface area contributed by atoms with Crippen LogP contribution in [0.3, 0.4) is 0 Å². The summed E-state index contributed by atoms with van der Waals surface area (Å²) >= 11 is 6.22. The molecule has 0 amide bonds. The summed E-state index contributed by atoms with van der Waals surface area (Å²) in [5.74, 6) is 0. The van der Waals surface area contributed by atoms with Crippen molar-refractivity contribution in [2.24, 2.45) is 0 Å². The van der Waals surface area contributed by atoms with E-state index >= 15 is 0 Å². The molecule has 5 nitrogen and oxygen atoms in total. The fraction of sp³-hybridized carbons (Fsp3) is 0.136. The molecule has 29 heavy (non-hydrogen) atoms. The minimum atomic E-state index is -3.80. The van der Waals surface area contributed by atoms with Crippen LogP contribution in [0.4, 0.5) is 0 Å². The minimum absolute atomic E-state index is 0.223. The maximum absolute atomic E-state index is 13.6. The molecule has 2 aromatic heterocycles. The van der Waals surface area contributed by atoms with Crippen molar-refractivity contribution in [2.45, 2.75) is 11.3 Å². The Bertz CT molecular complexity index is 1390. The molecule has 2 aromatic carbocycles. The summed E-state index contributed by atoms with van der Waals surface area (Å²) in [7, 11) is -3.80. The van der Waals surface area contributed by atoms with Crippen molar-refractivity contribution in [3.05, 3.63) is 77.6 Å². The molecule has 5 rings (SSSR count). The Morgan fingerprint density at radius 3 is 2.83 bits per heavy atom. The van der Waals surface area contributed by atoms with Gasteiger partial charge in [-0.2, -0.15) is 0 Å². The lowest BCUT2D eigenvalue weighted by Crippen LogP contribution is -2.20. The number of rotatable bonds is 3. The number of nitrogens with zero attached hydrogens (tertiary/aromatic N) is 2. The van der Waals surface area contributed by atoms with Crippen molar-refractivity contribution < 1.29 is 8.42 Å². The van der Waals surface area contributed by atoms with E-state index in [0.717, 1.165) is 46.9 Å². The van der Waals surface area contributed by atoms with E-state index in [-0.39, 0.29) is 4.90 Å². The highest BCUT2D eigenvalue weighted by atomic mass is 35.5. The highest BCUT2D eigenvalue weighted by Gasteiger charge is 2.23. The van der Waals surface area contributed by atoms with Crippen molar-refractivity contribution in [1.29, 1.82) is 0 Å². The lowest BCUT2D eigenvalue weighted by molar-refractivity contribution is 0.589. The van der Waals surface area contributed by atoms with Gasteiger partial charge < -0.3 is 5.32 Å². The summed E-state index contributed by atoms with van der Waals surface area (Å²) in [5.41, 5.74) is 3.42. The highest BCUT2D eigenvalue weighted by Crippen LogP contribution is 2.34. The van der Waals surface area contributed by atoms with Crippen LogP contribution in [0.15, 0.2) is 71.9 Å². The zero-order valence-corrected chi connectivity index (χ0v) is 17.0. The standard InChI is InChI=1S/C22H18ClN3O2S/c23-17-3-5-19-20(15-7-10-24-11-8-15)14-26(22(19)13-17)29(27,28)18-4-6-21-16(12-18)2-1-9-25-21/h1-7,9,12-14,24H,8,10-11H2. The third-order valence-electron chi connectivity index (χ3n) is 5.27. The zero-order valence-electron chi connectivity index (χ0n) is 15.5. The van der Waals surface area contributed by atoms with E-state index < -0.39 is 10.0 Å². The number of halogens is 1. The van der Waals surface area contributed by atoms with Crippen molar-refractivity contribution in [1.82, 2.24) is 14.3 Å². The van der Waals surface area contributed by atoms with Gasteiger partial charge in [0.05, 0.1) is 15.9 Å². The van der Waals surface area contributed by atoms with Gasteiger partial charge in [0.1, 0.15) is 0 Å². The molecule has 1 N–H and O–H groups in total. The minimum Gasteiger partial charge on any atom is -0.313 e. The number of aromatic nitrogens is 2. The first-order valence-electron chi connectivity index (χ1n) is 9.35. The van der Waals surface area contributed by atoms with E-state index in [0.29, 0.717) is 10.5 Å². The Labute approximate surface area is 173 Å². The van der Waals surface area contributed by atoms with Crippen LogP contribution in [-0.2, 0) is 10.0 Å². The quantitative estimate of drug-likeness (QED) is 0.528. The maximum atomic E-state index is 13.6. The van der Waals surface area contributed by atoms with Gasteiger partial charge in [0, 0.05) is 40.3 Å². The summed E-state index contributed by atoms with van der Waals surface area (Å²) in [6, 6.07) is 14.1. The summed E-state index contributed by atoms with van der Waals surface area (Å²) in [5, 5.41) is 5.46. The number of pyridine rings is 1. The number of hydrogen-bond donors (Lipinski definition) is 1. The SMILES string of the molecule is O=S(=O)(c1ccc2ncccc2c1)n1cc(C2=CCNCC2)c2ccc(Cl)cc21. The molecule has 1 aliphatic heterocycles. The smallest absolute Gasteiger partial charge is 0.268 e. The van der Waals surface area contributed by atoms with Crippen LogP contribution in [0.25, 0.3) is 27.4 Å². The first-order valence-corrected chi connectivity index (χ1v) is 11.2. The third-order valence-corrected chi connectivity index (χ3v) is 7.18. The van der Waals surface area contributed by atoms with Gasteiger partial charge >= 0.3 is 0 Å². The van der Waals surface area contributed by atoms with E-state index in [1.807, 2.05) is 12.1 Å². The van der Waals surface area contributed by atoms with Crippen molar-refractivity contribution >= 4 is 49.0 Å². The third kappa shape index (κ3) is 3.13. The first kappa shape index (κ1) is 18.4. The Hall–Kier alpha value is -2.67. The van der Waals surface area contributed by atoms with Crippen LogP contribution >= 0.6 is 11.6 Å². The molecule has 0 aliphatic carbocycles. The first-order chi connectivity index (χ1) is 14.0. The molecule has 0 fully saturated rings. The average molecular weight is 424 g/mol. The molecule has 0 radical (unpaired) electrons. The highest BCUT2D eigenvalue weighted by molar-refractivity contribution is 7.90. The van der Waals surface area contributed by atoms with Crippen molar-refractivity contribution in [2.75, 3.05) is 13.1 Å². The predicted molar refractivity (Wildman–Crippen MR) is 117 cm³/mol. The predicted octanol–water partition coefficient (Wildman–Crippen LogP) is 4.46. The molecule has 0 unspecified atom stereocenters. The molecular weight excluding hydrogens is 406 g/mol. The van der Waals surface area contributed by atoms with Crippen molar-refractivity contribution in [3.8, 4) is 0 Å². The molecule has 146 valence electrons. The van der Waals surface area contributed by atoms with Crippen LogP contribution in [0.5, 0.6) is 0 Å². The van der Waals surface area contributed by atoms with Crippen LogP contribution in [-0.4, -0.2) is 30.5 Å². The zero-order chi connectivity index (χ0) is 20.0. The van der Waals surface area contributed by atoms with E-state index in [4.69, 9.17) is 11.6 Å². The van der Waals surface area contributed by atoms with Gasteiger partial charge in [0.2, 0.25) is 0 Å². The van der Waals surface area contributed by atoms with E-state index in [2.05, 4.69) is 16.4 Å². The number of hydrogen-bond acceptors (Lipinski definition) is 4. The van der Waals surface area contributed by atoms with Gasteiger partial charge in [-0.3, -0.25) is 4.98 Å². The molecule has 0 bridgehead atoms. The lowest BCUT2D eigenvalue weighted by atomic mass is 10.00. The summed E-state index contributed by atoms with van der Waals surface area (Å²) in [4.78, 5) is 4.49. The Kier molecular flexibility index (Phi) is 4.42. The van der Waals surface area contributed by atoms with Gasteiger partial charge in [-0.1, -0.05) is 29.8 Å². The van der Waals surface area contributed by atoms with Gasteiger partial charge in [-0.15, -0.1) is 0 Å². The fourth-order valence-electron chi connectivity index (χ4n) is 3.82. The van der Waals surface area contributed by atoms with Gasteiger partial charge in [0.25, 0.3) is 10.0 Å². The Balaban J connectivity index is 1.74. The number of nitrogens with one attached hydrogen (secondary N) is 1. The topological polar surface area (TPSA) is 64.0 Å². The number of benzene rings is 2. The normalized spacial score (nSPS) is 15.0. The fourth-order valence-corrected chi connectivity index (χ4v) is 5.38. The maximum Gasteiger partial charge on any atom is 0.268 e. The monoisotopic (exact) mass is 423 g/mol. The van der Waals surface area contributed by atoms with Gasteiger partial charge in [-0.25, -0.2) is 12.4 Å². The second kappa shape index (κ2) is 6.99. The van der Waals surface area contributed by atoms with Crippen LogP contribution in [0, 0.1) is 0 Å². The second-order valence-electron chi connectivity index (χ2n) is 7.05. The molecule has 1 aliphatic rings. The molecule has 0 saturated carbocycles. The Morgan fingerprint density at radius 1 is 1.10 bits per heavy atom. The van der Waals surface area contributed by atoms with E-state index in [1.165, 1.54) is 3.97 Å². The second-order valence-corrected chi connectivity index (χ2v) is 9.30. The lowest BCUT2D eigenvalue weighted by Gasteiger charge is -2.13. The molecule has 3 heterocycles. The molecular formula is C22H18ClN3O2S.